The number of hydrogen-bond acceptors (Lipinski definition) is 6. The molecule has 0 aliphatic carbocycles. The second kappa shape index (κ2) is 5.36. The third-order valence-corrected chi connectivity index (χ3v) is 3.86. The van der Waals surface area contributed by atoms with Crippen molar-refractivity contribution in [2.45, 2.75) is 40.2 Å². The molecule has 106 valence electrons. The number of sulfone groups is 1. The van der Waals surface area contributed by atoms with Gasteiger partial charge in [-0.15, -0.1) is 0 Å². The van der Waals surface area contributed by atoms with Crippen LogP contribution in [0.3, 0.4) is 0 Å². The number of aliphatic hydroxyl groups is 1. The molecule has 0 aromatic heterocycles. The highest BCUT2D eigenvalue weighted by Crippen LogP contribution is 2.25. The maximum atomic E-state index is 11.8. The molecule has 0 aromatic rings. The average molecular weight is 280 g/mol. The number of carbonyl (C=O) groups is 2. The second-order valence-electron chi connectivity index (χ2n) is 5.46. The van der Waals surface area contributed by atoms with Gasteiger partial charge < -0.3 is 9.84 Å². The van der Waals surface area contributed by atoms with Crippen LogP contribution in [0.2, 0.25) is 0 Å². The number of aliphatic hydroxyl groups excluding tert-OH is 1. The summed E-state index contributed by atoms with van der Waals surface area (Å²) in [6.07, 6.45) is 0. The van der Waals surface area contributed by atoms with Crippen molar-refractivity contribution in [2.24, 2.45) is 5.41 Å². The monoisotopic (exact) mass is 280 g/mol. The molecule has 0 unspecified atom stereocenters. The molecule has 0 radical (unpaired) electrons. The lowest BCUT2D eigenvalue weighted by Crippen LogP contribution is -2.43. The van der Waals surface area contributed by atoms with Crippen LogP contribution in [0.1, 0.15) is 34.6 Å². The van der Waals surface area contributed by atoms with Crippen molar-refractivity contribution in [1.29, 1.82) is 0 Å². The largest absolute Gasteiger partial charge is 0.459 e. The first kappa shape index (κ1) is 17.1. The third-order valence-electron chi connectivity index (χ3n) is 2.06. The molecule has 0 aliphatic heterocycles. The summed E-state index contributed by atoms with van der Waals surface area (Å²) in [6.45, 7) is 6.57. The zero-order valence-electron chi connectivity index (χ0n) is 11.3. The van der Waals surface area contributed by atoms with Crippen molar-refractivity contribution in [3.8, 4) is 0 Å². The highest BCUT2D eigenvalue weighted by atomic mass is 32.2. The number of ether oxygens (including phenoxy) is 1. The summed E-state index contributed by atoms with van der Waals surface area (Å²) in [7, 11) is -4.16. The predicted molar refractivity (Wildman–Crippen MR) is 65.5 cm³/mol. The lowest BCUT2D eigenvalue weighted by molar-refractivity contribution is -0.166. The molecule has 0 rings (SSSR count). The Morgan fingerprint density at radius 1 is 1.11 bits per heavy atom. The molecule has 0 fully saturated rings. The minimum Gasteiger partial charge on any atom is -0.459 e. The minimum atomic E-state index is -4.16. The number of rotatable bonds is 4. The molecule has 18 heavy (non-hydrogen) atoms. The predicted octanol–water partition coefficient (Wildman–Crippen LogP) is 0.288. The molecule has 0 aliphatic rings. The minimum absolute atomic E-state index is 0.668. The van der Waals surface area contributed by atoms with Gasteiger partial charge in [0.25, 0.3) is 5.12 Å². The molecule has 0 heterocycles. The van der Waals surface area contributed by atoms with Crippen LogP contribution in [0, 0.1) is 5.41 Å². The average Bonchev–Trinajstić information content (AvgIpc) is 2.13. The fourth-order valence-corrected chi connectivity index (χ4v) is 2.38. The molecule has 7 heteroatoms. The molecule has 0 saturated heterocycles. The Kier molecular flexibility index (Phi) is 5.07. The van der Waals surface area contributed by atoms with E-state index < -0.39 is 44.3 Å². The highest BCUT2D eigenvalue weighted by molar-refractivity contribution is 8.06. The van der Waals surface area contributed by atoms with Gasteiger partial charge in [0.05, 0.1) is 12.4 Å². The molecule has 6 nitrogen and oxygen atoms in total. The Hall–Kier alpha value is -0.950. The quantitative estimate of drug-likeness (QED) is 0.587. The number of hydrogen-bond donors (Lipinski definition) is 1. The van der Waals surface area contributed by atoms with Crippen LogP contribution in [0.4, 0.5) is 0 Å². The summed E-state index contributed by atoms with van der Waals surface area (Å²) in [5, 5.41) is 7.36. The van der Waals surface area contributed by atoms with Crippen molar-refractivity contribution in [1.82, 2.24) is 0 Å². The standard InChI is InChI=1S/C11H20O6S/c1-10(2,3)17-8(13)11(4,5)9(14)18(15,16)7-6-12/h12H,6-7H2,1-5H3. The molecular weight excluding hydrogens is 260 g/mol. The van der Waals surface area contributed by atoms with Crippen LogP contribution < -0.4 is 0 Å². The molecule has 0 atom stereocenters. The lowest BCUT2D eigenvalue weighted by Gasteiger charge is -2.27. The SMILES string of the molecule is CC(C)(C)OC(=O)C(C)(C)C(=O)S(=O)(=O)CCO. The second-order valence-corrected chi connectivity index (χ2v) is 7.47. The van der Waals surface area contributed by atoms with Gasteiger partial charge in [-0.1, -0.05) is 0 Å². The third kappa shape index (κ3) is 4.38. The summed E-state index contributed by atoms with van der Waals surface area (Å²) in [4.78, 5) is 23.6. The van der Waals surface area contributed by atoms with Gasteiger partial charge in [-0.05, 0) is 34.6 Å². The first-order valence-electron chi connectivity index (χ1n) is 5.46. The van der Waals surface area contributed by atoms with E-state index in [0.717, 1.165) is 0 Å². The molecule has 0 amide bonds. The van der Waals surface area contributed by atoms with E-state index in [1.165, 1.54) is 13.8 Å². The molecular formula is C11H20O6S. The summed E-state index contributed by atoms with van der Waals surface area (Å²) < 4.78 is 28.1. The zero-order chi connectivity index (χ0) is 14.8. The van der Waals surface area contributed by atoms with Crippen LogP contribution >= 0.6 is 0 Å². The smallest absolute Gasteiger partial charge is 0.320 e. The van der Waals surface area contributed by atoms with Crippen molar-refractivity contribution in [3.63, 3.8) is 0 Å². The van der Waals surface area contributed by atoms with Gasteiger partial charge in [0.15, 0.2) is 0 Å². The fourth-order valence-electron chi connectivity index (χ4n) is 1.09. The van der Waals surface area contributed by atoms with Crippen LogP contribution in [0.5, 0.6) is 0 Å². The normalized spacial score (nSPS) is 13.2. The first-order valence-corrected chi connectivity index (χ1v) is 7.11. The lowest BCUT2D eigenvalue weighted by atomic mass is 9.95. The van der Waals surface area contributed by atoms with Gasteiger partial charge >= 0.3 is 5.97 Å². The van der Waals surface area contributed by atoms with Crippen LogP contribution in [-0.2, 0) is 24.2 Å². The summed E-state index contributed by atoms with van der Waals surface area (Å²) in [6, 6.07) is 0. The van der Waals surface area contributed by atoms with E-state index in [4.69, 9.17) is 9.84 Å². The topological polar surface area (TPSA) is 97.7 Å². The maximum absolute atomic E-state index is 11.8. The Bertz CT molecular complexity index is 427. The van der Waals surface area contributed by atoms with Gasteiger partial charge in [-0.2, -0.15) is 0 Å². The number of carbonyl (C=O) groups excluding carboxylic acids is 2. The number of esters is 1. The van der Waals surface area contributed by atoms with Gasteiger partial charge in [0.1, 0.15) is 11.0 Å². The van der Waals surface area contributed by atoms with Crippen molar-refractivity contribution >= 4 is 20.9 Å². The molecule has 1 N–H and O–H groups in total. The molecule has 0 bridgehead atoms. The molecule has 0 saturated carbocycles. The first-order chi connectivity index (χ1) is 7.84. The summed E-state index contributed by atoms with van der Waals surface area (Å²) in [5.41, 5.74) is -2.60. The van der Waals surface area contributed by atoms with E-state index in [0.29, 0.717) is 0 Å². The van der Waals surface area contributed by atoms with Crippen LogP contribution in [0.15, 0.2) is 0 Å². The summed E-state index contributed by atoms with van der Waals surface area (Å²) in [5.74, 6) is -1.60. The zero-order valence-corrected chi connectivity index (χ0v) is 12.1. The van der Waals surface area contributed by atoms with E-state index in [-0.39, 0.29) is 0 Å². The highest BCUT2D eigenvalue weighted by Gasteiger charge is 2.45. The van der Waals surface area contributed by atoms with Crippen LogP contribution in [-0.4, -0.2) is 42.6 Å². The van der Waals surface area contributed by atoms with Gasteiger partial charge in [-0.25, -0.2) is 8.42 Å². The Morgan fingerprint density at radius 2 is 1.56 bits per heavy atom. The van der Waals surface area contributed by atoms with Gasteiger partial charge in [0.2, 0.25) is 9.84 Å². The Balaban J connectivity index is 5.16. The fraction of sp³-hybridized carbons (Fsp3) is 0.818. The maximum Gasteiger partial charge on any atom is 0.320 e. The van der Waals surface area contributed by atoms with E-state index in [2.05, 4.69) is 0 Å². The van der Waals surface area contributed by atoms with Gasteiger partial charge in [0, 0.05) is 0 Å². The van der Waals surface area contributed by atoms with Crippen molar-refractivity contribution < 1.29 is 27.9 Å². The summed E-state index contributed by atoms with van der Waals surface area (Å²) >= 11 is 0. The van der Waals surface area contributed by atoms with E-state index >= 15 is 0 Å². The van der Waals surface area contributed by atoms with Crippen molar-refractivity contribution in [2.75, 3.05) is 12.4 Å². The van der Waals surface area contributed by atoms with E-state index in [1.54, 1.807) is 20.8 Å². The van der Waals surface area contributed by atoms with E-state index in [9.17, 15) is 18.0 Å². The van der Waals surface area contributed by atoms with Crippen LogP contribution in [0.25, 0.3) is 0 Å². The van der Waals surface area contributed by atoms with E-state index in [1.807, 2.05) is 0 Å². The van der Waals surface area contributed by atoms with Crippen molar-refractivity contribution in [3.05, 3.63) is 0 Å². The van der Waals surface area contributed by atoms with Gasteiger partial charge in [-0.3, -0.25) is 9.59 Å². The molecule has 0 aromatic carbocycles. The Labute approximate surface area is 107 Å². The molecule has 0 spiro atoms. The Morgan fingerprint density at radius 3 is 1.89 bits per heavy atom.